The van der Waals surface area contributed by atoms with Crippen LogP contribution in [0.15, 0.2) is 12.5 Å². The molecule has 0 spiro atoms. The van der Waals surface area contributed by atoms with Crippen LogP contribution in [0.5, 0.6) is 0 Å². The van der Waals surface area contributed by atoms with Gasteiger partial charge < -0.3 is 9.30 Å². The zero-order valence-corrected chi connectivity index (χ0v) is 9.70. The highest BCUT2D eigenvalue weighted by Crippen LogP contribution is 2.24. The molecule has 0 radical (unpaired) electrons. The number of carbonyl (C=O) groups excluding carboxylic acids is 1. The zero-order chi connectivity index (χ0) is 11.3. The molecule has 84 valence electrons. The number of aromatic nitrogens is 2. The van der Waals surface area contributed by atoms with Crippen LogP contribution in [0.4, 0.5) is 0 Å². The molecular weight excluding hydrogens is 216 g/mol. The third-order valence-electron chi connectivity index (χ3n) is 2.08. The van der Waals surface area contributed by atoms with Crippen LogP contribution in [0, 0.1) is 0 Å². The standard InChI is InChI=1S/C10H15ClN2O2/c1-3-15-10(14)5-4-8(11)9-6-12-7-13(9)2/h6-8H,3-5H2,1-2H3. The van der Waals surface area contributed by atoms with E-state index in [-0.39, 0.29) is 11.3 Å². The number of carbonyl (C=O) groups is 1. The van der Waals surface area contributed by atoms with Crippen LogP contribution in [0.1, 0.15) is 30.8 Å². The number of aryl methyl sites for hydroxylation is 1. The van der Waals surface area contributed by atoms with E-state index in [1.807, 2.05) is 11.6 Å². The molecule has 0 N–H and O–H groups in total. The van der Waals surface area contributed by atoms with Gasteiger partial charge in [-0.1, -0.05) is 0 Å². The summed E-state index contributed by atoms with van der Waals surface area (Å²) in [5, 5.41) is -0.193. The Hall–Kier alpha value is -1.03. The number of ether oxygens (including phenoxy) is 1. The van der Waals surface area contributed by atoms with Crippen molar-refractivity contribution in [3.05, 3.63) is 18.2 Å². The second-order valence-corrected chi connectivity index (χ2v) is 3.77. The van der Waals surface area contributed by atoms with E-state index < -0.39 is 0 Å². The molecule has 1 rings (SSSR count). The summed E-state index contributed by atoms with van der Waals surface area (Å²) in [6.45, 7) is 2.20. The molecule has 0 aliphatic rings. The summed E-state index contributed by atoms with van der Waals surface area (Å²) in [5.74, 6) is -0.203. The Kier molecular flexibility index (Phi) is 4.62. The average Bonchev–Trinajstić information content (AvgIpc) is 2.61. The van der Waals surface area contributed by atoms with Crippen molar-refractivity contribution in [3.8, 4) is 0 Å². The number of nitrogens with zero attached hydrogens (tertiary/aromatic N) is 2. The molecule has 0 aromatic carbocycles. The van der Waals surface area contributed by atoms with Crippen molar-refractivity contribution in [2.45, 2.75) is 25.1 Å². The van der Waals surface area contributed by atoms with Crippen LogP contribution in [0.2, 0.25) is 0 Å². The molecule has 1 heterocycles. The van der Waals surface area contributed by atoms with Crippen molar-refractivity contribution < 1.29 is 9.53 Å². The number of imidazole rings is 1. The molecular formula is C10H15ClN2O2. The van der Waals surface area contributed by atoms with Crippen LogP contribution in [-0.4, -0.2) is 22.1 Å². The molecule has 5 heteroatoms. The Labute approximate surface area is 94.2 Å². The quantitative estimate of drug-likeness (QED) is 0.574. The van der Waals surface area contributed by atoms with Gasteiger partial charge in [-0.05, 0) is 13.3 Å². The molecule has 0 fully saturated rings. The molecule has 1 aromatic heterocycles. The molecule has 0 bridgehead atoms. The lowest BCUT2D eigenvalue weighted by atomic mass is 10.2. The van der Waals surface area contributed by atoms with Crippen LogP contribution in [-0.2, 0) is 16.6 Å². The van der Waals surface area contributed by atoms with E-state index in [2.05, 4.69) is 4.98 Å². The number of alkyl halides is 1. The van der Waals surface area contributed by atoms with E-state index in [9.17, 15) is 4.79 Å². The largest absolute Gasteiger partial charge is 0.466 e. The Balaban J connectivity index is 2.40. The number of hydrogen-bond donors (Lipinski definition) is 0. The predicted octanol–water partition coefficient (Wildman–Crippen LogP) is 2.04. The smallest absolute Gasteiger partial charge is 0.305 e. The maximum absolute atomic E-state index is 11.1. The van der Waals surface area contributed by atoms with Crippen LogP contribution in [0.3, 0.4) is 0 Å². The summed E-state index contributed by atoms with van der Waals surface area (Å²) in [5.41, 5.74) is 0.918. The summed E-state index contributed by atoms with van der Waals surface area (Å²) in [6, 6.07) is 0. The van der Waals surface area contributed by atoms with Crippen molar-refractivity contribution in [1.29, 1.82) is 0 Å². The third-order valence-corrected chi connectivity index (χ3v) is 2.52. The number of rotatable bonds is 5. The van der Waals surface area contributed by atoms with Crippen LogP contribution in [0.25, 0.3) is 0 Å². The van der Waals surface area contributed by atoms with Crippen LogP contribution >= 0.6 is 11.6 Å². The Bertz CT molecular complexity index is 325. The Morgan fingerprint density at radius 1 is 1.73 bits per heavy atom. The molecule has 1 unspecified atom stereocenters. The molecule has 4 nitrogen and oxygen atoms in total. The lowest BCUT2D eigenvalue weighted by molar-refractivity contribution is -0.143. The van der Waals surface area contributed by atoms with Gasteiger partial charge in [-0.15, -0.1) is 11.6 Å². The lowest BCUT2D eigenvalue weighted by Gasteiger charge is -2.09. The Morgan fingerprint density at radius 2 is 2.47 bits per heavy atom. The first-order valence-electron chi connectivity index (χ1n) is 4.91. The maximum atomic E-state index is 11.1. The first kappa shape index (κ1) is 12.0. The van der Waals surface area contributed by atoms with Crippen molar-refractivity contribution in [2.75, 3.05) is 6.61 Å². The van der Waals surface area contributed by atoms with Gasteiger partial charge >= 0.3 is 5.97 Å². The maximum Gasteiger partial charge on any atom is 0.305 e. The van der Waals surface area contributed by atoms with Gasteiger partial charge in [0, 0.05) is 19.7 Å². The summed E-state index contributed by atoms with van der Waals surface area (Å²) in [6.07, 6.45) is 4.31. The fourth-order valence-corrected chi connectivity index (χ4v) is 1.61. The van der Waals surface area contributed by atoms with E-state index in [1.54, 1.807) is 19.4 Å². The van der Waals surface area contributed by atoms with E-state index in [1.165, 1.54) is 0 Å². The first-order chi connectivity index (χ1) is 7.15. The van der Waals surface area contributed by atoms with Gasteiger partial charge in [0.2, 0.25) is 0 Å². The monoisotopic (exact) mass is 230 g/mol. The summed E-state index contributed by atoms with van der Waals surface area (Å²) < 4.78 is 6.67. The Morgan fingerprint density at radius 3 is 3.00 bits per heavy atom. The number of hydrogen-bond acceptors (Lipinski definition) is 3. The molecule has 0 aliphatic heterocycles. The SMILES string of the molecule is CCOC(=O)CCC(Cl)c1cncn1C. The number of halogens is 1. The van der Waals surface area contributed by atoms with E-state index in [4.69, 9.17) is 16.3 Å². The molecule has 1 aromatic rings. The van der Waals surface area contributed by atoms with Gasteiger partial charge in [0.1, 0.15) is 0 Å². The highest BCUT2D eigenvalue weighted by molar-refractivity contribution is 6.20. The number of esters is 1. The van der Waals surface area contributed by atoms with Gasteiger partial charge in [0.15, 0.2) is 0 Å². The van der Waals surface area contributed by atoms with E-state index >= 15 is 0 Å². The van der Waals surface area contributed by atoms with Crippen LogP contribution < -0.4 is 0 Å². The van der Waals surface area contributed by atoms with E-state index in [0.29, 0.717) is 19.4 Å². The lowest BCUT2D eigenvalue weighted by Crippen LogP contribution is -2.06. The van der Waals surface area contributed by atoms with E-state index in [0.717, 1.165) is 5.69 Å². The first-order valence-corrected chi connectivity index (χ1v) is 5.34. The highest BCUT2D eigenvalue weighted by atomic mass is 35.5. The molecule has 15 heavy (non-hydrogen) atoms. The predicted molar refractivity (Wildman–Crippen MR) is 57.7 cm³/mol. The molecule has 0 aliphatic carbocycles. The van der Waals surface area contributed by atoms with Gasteiger partial charge in [-0.2, -0.15) is 0 Å². The van der Waals surface area contributed by atoms with Crippen molar-refractivity contribution >= 4 is 17.6 Å². The van der Waals surface area contributed by atoms with Gasteiger partial charge in [0.05, 0.1) is 24.0 Å². The molecule has 1 atom stereocenters. The third kappa shape index (κ3) is 3.55. The van der Waals surface area contributed by atoms with Crippen molar-refractivity contribution in [2.24, 2.45) is 7.05 Å². The van der Waals surface area contributed by atoms with Crippen molar-refractivity contribution in [1.82, 2.24) is 9.55 Å². The van der Waals surface area contributed by atoms with Gasteiger partial charge in [-0.3, -0.25) is 4.79 Å². The van der Waals surface area contributed by atoms with Gasteiger partial charge in [0.25, 0.3) is 0 Å². The second-order valence-electron chi connectivity index (χ2n) is 3.24. The summed E-state index contributed by atoms with van der Waals surface area (Å²) in [7, 11) is 1.88. The fourth-order valence-electron chi connectivity index (χ4n) is 1.29. The zero-order valence-electron chi connectivity index (χ0n) is 8.94. The minimum Gasteiger partial charge on any atom is -0.466 e. The van der Waals surface area contributed by atoms with Gasteiger partial charge in [-0.25, -0.2) is 4.98 Å². The average molecular weight is 231 g/mol. The topological polar surface area (TPSA) is 44.1 Å². The summed E-state index contributed by atoms with van der Waals surface area (Å²) in [4.78, 5) is 15.1. The highest BCUT2D eigenvalue weighted by Gasteiger charge is 2.13. The fraction of sp³-hybridized carbons (Fsp3) is 0.600. The second kappa shape index (κ2) is 5.75. The molecule has 0 saturated carbocycles. The minimum absolute atomic E-state index is 0.193. The van der Waals surface area contributed by atoms with Crippen molar-refractivity contribution in [3.63, 3.8) is 0 Å². The molecule has 0 saturated heterocycles. The minimum atomic E-state index is -0.203. The molecule has 0 amide bonds. The normalized spacial score (nSPS) is 12.5. The summed E-state index contributed by atoms with van der Waals surface area (Å²) >= 11 is 6.13.